The zero-order valence-corrected chi connectivity index (χ0v) is 17.4. The number of rotatable bonds is 4. The Morgan fingerprint density at radius 2 is 1.10 bits per heavy atom. The predicted octanol–water partition coefficient (Wildman–Crippen LogP) is -1.48. The fraction of sp³-hybridized carbons (Fsp3) is 0.444. The molecule has 4 heterocycles. The SMILES string of the molecule is CC(Cn1c(=O)c2c(ncn2C)n(C)c1=O)Cn1c(=O)c2c(ncn2C)n(C)c1=O. The molecule has 158 valence electrons. The summed E-state index contributed by atoms with van der Waals surface area (Å²) in [5.74, 6) is -0.350. The molecule has 0 fully saturated rings. The molecule has 0 atom stereocenters. The molecule has 0 aliphatic heterocycles. The normalized spacial score (nSPS) is 11.9. The van der Waals surface area contributed by atoms with Gasteiger partial charge in [-0.3, -0.25) is 27.9 Å². The molecule has 4 aromatic heterocycles. The van der Waals surface area contributed by atoms with E-state index in [0.29, 0.717) is 22.3 Å². The Hall–Kier alpha value is -3.70. The Labute approximate surface area is 168 Å². The Balaban J connectivity index is 1.78. The second-order valence-corrected chi connectivity index (χ2v) is 7.68. The summed E-state index contributed by atoms with van der Waals surface area (Å²) >= 11 is 0. The van der Waals surface area contributed by atoms with Crippen molar-refractivity contribution in [3.8, 4) is 0 Å². The average Bonchev–Trinajstić information content (AvgIpc) is 3.28. The molecular formula is C18H22N8O4. The lowest BCUT2D eigenvalue weighted by Crippen LogP contribution is -2.44. The summed E-state index contributed by atoms with van der Waals surface area (Å²) in [4.78, 5) is 59.4. The second-order valence-electron chi connectivity index (χ2n) is 7.68. The molecule has 0 saturated heterocycles. The van der Waals surface area contributed by atoms with Crippen molar-refractivity contribution in [2.24, 2.45) is 34.1 Å². The van der Waals surface area contributed by atoms with E-state index < -0.39 is 22.5 Å². The number of imidazole rings is 2. The number of hydrogen-bond acceptors (Lipinski definition) is 6. The molecule has 0 aliphatic rings. The maximum Gasteiger partial charge on any atom is 0.332 e. The van der Waals surface area contributed by atoms with Crippen molar-refractivity contribution in [1.82, 2.24) is 37.4 Å². The highest BCUT2D eigenvalue weighted by molar-refractivity contribution is 5.70. The number of aromatic nitrogens is 8. The van der Waals surface area contributed by atoms with E-state index in [4.69, 9.17) is 0 Å². The molecular weight excluding hydrogens is 392 g/mol. The highest BCUT2D eigenvalue weighted by atomic mass is 16.2. The van der Waals surface area contributed by atoms with E-state index in [9.17, 15) is 19.2 Å². The van der Waals surface area contributed by atoms with Crippen LogP contribution in [-0.4, -0.2) is 37.4 Å². The van der Waals surface area contributed by atoms with Gasteiger partial charge in [0.15, 0.2) is 22.3 Å². The van der Waals surface area contributed by atoms with Crippen molar-refractivity contribution in [2.45, 2.75) is 20.0 Å². The topological polar surface area (TPSA) is 124 Å². The molecule has 12 heteroatoms. The van der Waals surface area contributed by atoms with Gasteiger partial charge >= 0.3 is 11.4 Å². The highest BCUT2D eigenvalue weighted by Crippen LogP contribution is 2.07. The Kier molecular flexibility index (Phi) is 4.36. The van der Waals surface area contributed by atoms with Gasteiger partial charge in [0.05, 0.1) is 12.7 Å². The molecule has 30 heavy (non-hydrogen) atoms. The van der Waals surface area contributed by atoms with Crippen LogP contribution >= 0.6 is 0 Å². The molecule has 0 aromatic carbocycles. The lowest BCUT2D eigenvalue weighted by molar-refractivity contribution is 0.384. The van der Waals surface area contributed by atoms with Crippen LogP contribution in [0.15, 0.2) is 31.8 Å². The van der Waals surface area contributed by atoms with Gasteiger partial charge < -0.3 is 9.13 Å². The van der Waals surface area contributed by atoms with Crippen LogP contribution < -0.4 is 22.5 Å². The van der Waals surface area contributed by atoms with E-state index in [-0.39, 0.29) is 19.0 Å². The fourth-order valence-corrected chi connectivity index (χ4v) is 3.80. The fourth-order valence-electron chi connectivity index (χ4n) is 3.80. The van der Waals surface area contributed by atoms with Crippen molar-refractivity contribution in [3.63, 3.8) is 0 Å². The average molecular weight is 414 g/mol. The molecule has 0 bridgehead atoms. The van der Waals surface area contributed by atoms with Crippen LogP contribution in [0.3, 0.4) is 0 Å². The molecule has 0 unspecified atom stereocenters. The van der Waals surface area contributed by atoms with Crippen molar-refractivity contribution in [1.29, 1.82) is 0 Å². The number of nitrogens with zero attached hydrogens (tertiary/aromatic N) is 8. The van der Waals surface area contributed by atoms with Gasteiger partial charge in [-0.25, -0.2) is 19.6 Å². The van der Waals surface area contributed by atoms with E-state index in [1.54, 1.807) is 44.2 Å². The first-order valence-electron chi connectivity index (χ1n) is 9.35. The third kappa shape index (κ3) is 2.67. The van der Waals surface area contributed by atoms with E-state index >= 15 is 0 Å². The van der Waals surface area contributed by atoms with E-state index in [1.165, 1.54) is 21.8 Å². The second kappa shape index (κ2) is 6.68. The molecule has 0 spiro atoms. The number of hydrogen-bond donors (Lipinski definition) is 0. The smallest absolute Gasteiger partial charge is 0.328 e. The molecule has 0 aliphatic carbocycles. The van der Waals surface area contributed by atoms with Gasteiger partial charge in [-0.2, -0.15) is 0 Å². The molecule has 4 rings (SSSR count). The Morgan fingerprint density at radius 3 is 1.47 bits per heavy atom. The number of fused-ring (bicyclic) bond motifs is 2. The first kappa shape index (κ1) is 19.6. The summed E-state index contributed by atoms with van der Waals surface area (Å²) in [6, 6.07) is 0. The van der Waals surface area contributed by atoms with Gasteiger partial charge in [0, 0.05) is 41.3 Å². The summed E-state index contributed by atoms with van der Waals surface area (Å²) in [6.45, 7) is 1.87. The highest BCUT2D eigenvalue weighted by Gasteiger charge is 2.20. The van der Waals surface area contributed by atoms with Crippen molar-refractivity contribution in [2.75, 3.05) is 0 Å². The molecule has 4 aromatic rings. The summed E-state index contributed by atoms with van der Waals surface area (Å²) in [6.07, 6.45) is 2.96. The summed E-state index contributed by atoms with van der Waals surface area (Å²) in [5.41, 5.74) is -0.668. The van der Waals surface area contributed by atoms with Crippen molar-refractivity contribution < 1.29 is 0 Å². The van der Waals surface area contributed by atoms with Crippen LogP contribution in [0.1, 0.15) is 6.92 Å². The van der Waals surface area contributed by atoms with Gasteiger partial charge in [-0.1, -0.05) is 6.92 Å². The predicted molar refractivity (Wildman–Crippen MR) is 110 cm³/mol. The molecule has 0 radical (unpaired) electrons. The first-order valence-corrected chi connectivity index (χ1v) is 9.35. The largest absolute Gasteiger partial charge is 0.332 e. The van der Waals surface area contributed by atoms with Crippen LogP contribution in [-0.2, 0) is 41.3 Å². The third-order valence-corrected chi connectivity index (χ3v) is 5.39. The lowest BCUT2D eigenvalue weighted by Gasteiger charge is -2.16. The zero-order chi connectivity index (χ0) is 21.9. The summed E-state index contributed by atoms with van der Waals surface area (Å²) in [5, 5.41) is 0. The van der Waals surface area contributed by atoms with Crippen LogP contribution in [0.2, 0.25) is 0 Å². The Morgan fingerprint density at radius 1 is 0.733 bits per heavy atom. The maximum atomic E-state index is 12.9. The van der Waals surface area contributed by atoms with Crippen LogP contribution in [0, 0.1) is 5.92 Å². The monoisotopic (exact) mass is 414 g/mol. The zero-order valence-electron chi connectivity index (χ0n) is 17.4. The van der Waals surface area contributed by atoms with E-state index in [1.807, 2.05) is 0 Å². The van der Waals surface area contributed by atoms with E-state index in [0.717, 1.165) is 9.13 Å². The van der Waals surface area contributed by atoms with Gasteiger partial charge in [-0.05, 0) is 5.92 Å². The molecule has 12 nitrogen and oxygen atoms in total. The quantitative estimate of drug-likeness (QED) is 0.401. The van der Waals surface area contributed by atoms with Crippen molar-refractivity contribution >= 4 is 22.3 Å². The Bertz CT molecular complexity index is 1430. The molecule has 0 saturated carbocycles. The summed E-state index contributed by atoms with van der Waals surface area (Å²) in [7, 11) is 6.46. The molecule has 0 N–H and O–H groups in total. The van der Waals surface area contributed by atoms with Crippen molar-refractivity contribution in [3.05, 3.63) is 54.3 Å². The van der Waals surface area contributed by atoms with Gasteiger partial charge in [0.25, 0.3) is 11.1 Å². The summed E-state index contributed by atoms with van der Waals surface area (Å²) < 4.78 is 8.00. The van der Waals surface area contributed by atoms with E-state index in [2.05, 4.69) is 9.97 Å². The number of aryl methyl sites for hydroxylation is 4. The lowest BCUT2D eigenvalue weighted by atomic mass is 10.1. The van der Waals surface area contributed by atoms with Crippen LogP contribution in [0.5, 0.6) is 0 Å². The minimum atomic E-state index is -0.500. The minimum absolute atomic E-state index is 0.0473. The van der Waals surface area contributed by atoms with Crippen LogP contribution in [0.25, 0.3) is 22.3 Å². The van der Waals surface area contributed by atoms with Gasteiger partial charge in [0.2, 0.25) is 0 Å². The van der Waals surface area contributed by atoms with Crippen LogP contribution in [0.4, 0.5) is 0 Å². The third-order valence-electron chi connectivity index (χ3n) is 5.39. The molecule has 0 amide bonds. The van der Waals surface area contributed by atoms with Gasteiger partial charge in [-0.15, -0.1) is 0 Å². The maximum absolute atomic E-state index is 12.9. The van der Waals surface area contributed by atoms with Gasteiger partial charge in [0.1, 0.15) is 0 Å². The minimum Gasteiger partial charge on any atom is -0.328 e. The standard InChI is InChI=1S/C18H22N8O4/c1-10(6-25-15(27)11-13(19-8-21(11)2)23(4)17(25)29)7-26-16(28)12-14(20-9-22(12)3)24(5)18(26)30/h8-10H,6-7H2,1-5H3. The first-order chi connectivity index (χ1) is 14.1.